The van der Waals surface area contributed by atoms with Gasteiger partial charge in [-0.25, -0.2) is 0 Å². The van der Waals surface area contributed by atoms with Gasteiger partial charge >= 0.3 is 0 Å². The summed E-state index contributed by atoms with van der Waals surface area (Å²) in [4.78, 5) is 25.2. The fourth-order valence-corrected chi connectivity index (χ4v) is 2.14. The van der Waals surface area contributed by atoms with Gasteiger partial charge in [-0.15, -0.1) is 0 Å². The van der Waals surface area contributed by atoms with Gasteiger partial charge in [-0.1, -0.05) is 13.8 Å². The lowest BCUT2D eigenvalue weighted by Gasteiger charge is -2.21. The molecule has 1 saturated heterocycles. The third-order valence-electron chi connectivity index (χ3n) is 3.04. The number of hydrogen-bond acceptors (Lipinski definition) is 4. The number of aliphatic hydroxyl groups excluding tert-OH is 1. The molecule has 20 heavy (non-hydrogen) atoms. The number of rotatable bonds is 2. The SMILES string of the molecule is CC.CNC(=O)C1CC(O)CN1C(=O)c1ccc(C)o1. The number of aryl methyl sites for hydroxylation is 1. The molecule has 0 radical (unpaired) electrons. The fourth-order valence-electron chi connectivity index (χ4n) is 2.14. The molecule has 0 aromatic carbocycles. The van der Waals surface area contributed by atoms with Crippen LogP contribution in [0.1, 0.15) is 36.6 Å². The van der Waals surface area contributed by atoms with Crippen molar-refractivity contribution in [3.63, 3.8) is 0 Å². The van der Waals surface area contributed by atoms with Crippen molar-refractivity contribution >= 4 is 11.8 Å². The Labute approximate surface area is 118 Å². The van der Waals surface area contributed by atoms with Crippen molar-refractivity contribution in [2.24, 2.45) is 0 Å². The minimum Gasteiger partial charge on any atom is -0.456 e. The van der Waals surface area contributed by atoms with Gasteiger partial charge in [-0.05, 0) is 19.1 Å². The first-order valence-electron chi connectivity index (χ1n) is 6.80. The van der Waals surface area contributed by atoms with E-state index in [1.807, 2.05) is 13.8 Å². The summed E-state index contributed by atoms with van der Waals surface area (Å²) in [6, 6.07) is 2.63. The highest BCUT2D eigenvalue weighted by molar-refractivity contribution is 5.96. The van der Waals surface area contributed by atoms with Crippen LogP contribution < -0.4 is 5.32 Å². The molecule has 1 aliphatic heterocycles. The van der Waals surface area contributed by atoms with Crippen LogP contribution in [0.5, 0.6) is 0 Å². The number of amides is 2. The van der Waals surface area contributed by atoms with E-state index in [2.05, 4.69) is 5.32 Å². The molecule has 112 valence electrons. The second-order valence-electron chi connectivity index (χ2n) is 4.39. The molecule has 0 aliphatic carbocycles. The van der Waals surface area contributed by atoms with E-state index < -0.39 is 12.1 Å². The lowest BCUT2D eigenvalue weighted by Crippen LogP contribution is -2.44. The number of carbonyl (C=O) groups excluding carboxylic acids is 2. The van der Waals surface area contributed by atoms with Crippen LogP contribution in [0, 0.1) is 6.92 Å². The van der Waals surface area contributed by atoms with Crippen LogP contribution in [-0.4, -0.2) is 47.6 Å². The number of carbonyl (C=O) groups is 2. The smallest absolute Gasteiger partial charge is 0.290 e. The molecule has 1 aliphatic rings. The Kier molecular flexibility index (Phi) is 5.76. The number of nitrogens with one attached hydrogen (secondary N) is 1. The van der Waals surface area contributed by atoms with Crippen molar-refractivity contribution in [2.45, 2.75) is 39.3 Å². The first-order chi connectivity index (χ1) is 9.52. The summed E-state index contributed by atoms with van der Waals surface area (Å²) in [5.74, 6) is 0.182. The number of furan rings is 1. The molecule has 0 bridgehead atoms. The highest BCUT2D eigenvalue weighted by Crippen LogP contribution is 2.21. The average Bonchev–Trinajstić information content (AvgIpc) is 3.05. The summed E-state index contributed by atoms with van der Waals surface area (Å²) in [7, 11) is 1.51. The summed E-state index contributed by atoms with van der Waals surface area (Å²) in [6.45, 7) is 5.89. The molecule has 2 N–H and O–H groups in total. The molecular formula is C14H22N2O4. The van der Waals surface area contributed by atoms with E-state index in [-0.39, 0.29) is 30.5 Å². The number of aliphatic hydroxyl groups is 1. The Morgan fingerprint density at radius 2 is 2.05 bits per heavy atom. The molecule has 2 heterocycles. The second-order valence-corrected chi connectivity index (χ2v) is 4.39. The third kappa shape index (κ3) is 3.39. The Morgan fingerprint density at radius 3 is 2.55 bits per heavy atom. The van der Waals surface area contributed by atoms with Gasteiger partial charge < -0.3 is 19.7 Å². The predicted octanol–water partition coefficient (Wildman–Crippen LogP) is 0.936. The third-order valence-corrected chi connectivity index (χ3v) is 3.04. The number of likely N-dealkylation sites (N-methyl/N-ethyl adjacent to an activating group) is 1. The fraction of sp³-hybridized carbons (Fsp3) is 0.571. The molecule has 0 saturated carbocycles. The van der Waals surface area contributed by atoms with Crippen LogP contribution in [-0.2, 0) is 4.79 Å². The van der Waals surface area contributed by atoms with Crippen molar-refractivity contribution in [3.05, 3.63) is 23.7 Å². The standard InChI is InChI=1S/C12H16N2O4.C2H6/c1-7-3-4-10(18-7)12(17)14-6-8(15)5-9(14)11(16)13-2;1-2/h3-4,8-9,15H,5-6H2,1-2H3,(H,13,16);1-2H3. The van der Waals surface area contributed by atoms with Gasteiger partial charge in [0, 0.05) is 20.0 Å². The van der Waals surface area contributed by atoms with E-state index in [0.717, 1.165) is 0 Å². The lowest BCUT2D eigenvalue weighted by molar-refractivity contribution is -0.124. The first kappa shape index (κ1) is 16.2. The minimum atomic E-state index is -0.674. The van der Waals surface area contributed by atoms with Crippen LogP contribution in [0.2, 0.25) is 0 Å². The molecule has 6 heteroatoms. The van der Waals surface area contributed by atoms with E-state index in [4.69, 9.17) is 4.42 Å². The maximum absolute atomic E-state index is 12.2. The number of nitrogens with zero attached hydrogens (tertiary/aromatic N) is 1. The average molecular weight is 282 g/mol. The zero-order chi connectivity index (χ0) is 15.3. The second kappa shape index (κ2) is 7.09. The maximum Gasteiger partial charge on any atom is 0.290 e. The van der Waals surface area contributed by atoms with Crippen LogP contribution in [0.4, 0.5) is 0 Å². The van der Waals surface area contributed by atoms with Gasteiger partial charge in [-0.3, -0.25) is 9.59 Å². The first-order valence-corrected chi connectivity index (χ1v) is 6.80. The van der Waals surface area contributed by atoms with Gasteiger partial charge in [0.05, 0.1) is 6.10 Å². The summed E-state index contributed by atoms with van der Waals surface area (Å²) in [6.07, 6.45) is -0.419. The van der Waals surface area contributed by atoms with Crippen molar-refractivity contribution in [2.75, 3.05) is 13.6 Å². The molecule has 2 amide bonds. The van der Waals surface area contributed by atoms with Gasteiger partial charge in [0.25, 0.3) is 5.91 Å². The zero-order valence-electron chi connectivity index (χ0n) is 12.3. The van der Waals surface area contributed by atoms with Crippen LogP contribution >= 0.6 is 0 Å². The molecule has 6 nitrogen and oxygen atoms in total. The zero-order valence-corrected chi connectivity index (χ0v) is 12.3. The predicted molar refractivity (Wildman–Crippen MR) is 74.3 cm³/mol. The molecule has 2 unspecified atom stereocenters. The summed E-state index contributed by atoms with van der Waals surface area (Å²) >= 11 is 0. The Hall–Kier alpha value is -1.82. The Balaban J connectivity index is 0.000000956. The Morgan fingerprint density at radius 1 is 1.40 bits per heavy atom. The van der Waals surface area contributed by atoms with E-state index in [9.17, 15) is 14.7 Å². The van der Waals surface area contributed by atoms with Crippen LogP contribution in [0.15, 0.2) is 16.5 Å². The van der Waals surface area contributed by atoms with E-state index >= 15 is 0 Å². The van der Waals surface area contributed by atoms with Gasteiger partial charge in [0.1, 0.15) is 11.8 Å². The number of hydrogen-bond donors (Lipinski definition) is 2. The molecule has 1 fully saturated rings. The topological polar surface area (TPSA) is 82.8 Å². The minimum absolute atomic E-state index is 0.149. The quantitative estimate of drug-likeness (QED) is 0.845. The van der Waals surface area contributed by atoms with Gasteiger partial charge in [0.2, 0.25) is 5.91 Å². The van der Waals surface area contributed by atoms with Gasteiger partial charge in [0.15, 0.2) is 5.76 Å². The molecule has 2 rings (SSSR count). The number of β-amino-alcohol motifs (C(OH)–C–C–N with tert-alkyl or cyclic N) is 1. The molecule has 1 aromatic heterocycles. The Bertz CT molecular complexity index is 469. The van der Waals surface area contributed by atoms with E-state index in [1.165, 1.54) is 11.9 Å². The van der Waals surface area contributed by atoms with Crippen LogP contribution in [0.3, 0.4) is 0 Å². The van der Waals surface area contributed by atoms with E-state index in [0.29, 0.717) is 5.76 Å². The molecule has 1 aromatic rings. The summed E-state index contributed by atoms with van der Waals surface area (Å²) < 4.78 is 5.25. The summed E-state index contributed by atoms with van der Waals surface area (Å²) in [5.41, 5.74) is 0. The highest BCUT2D eigenvalue weighted by atomic mass is 16.4. The monoisotopic (exact) mass is 282 g/mol. The normalized spacial score (nSPS) is 21.1. The maximum atomic E-state index is 12.2. The van der Waals surface area contributed by atoms with Crippen molar-refractivity contribution in [3.8, 4) is 0 Å². The highest BCUT2D eigenvalue weighted by Gasteiger charge is 2.39. The summed E-state index contributed by atoms with van der Waals surface area (Å²) in [5, 5.41) is 12.1. The van der Waals surface area contributed by atoms with Gasteiger partial charge in [-0.2, -0.15) is 0 Å². The lowest BCUT2D eigenvalue weighted by atomic mass is 10.2. The van der Waals surface area contributed by atoms with Crippen molar-refractivity contribution in [1.29, 1.82) is 0 Å². The van der Waals surface area contributed by atoms with Crippen molar-refractivity contribution < 1.29 is 19.1 Å². The number of likely N-dealkylation sites (tertiary alicyclic amines) is 1. The largest absolute Gasteiger partial charge is 0.456 e. The molecule has 2 atom stereocenters. The van der Waals surface area contributed by atoms with Crippen molar-refractivity contribution in [1.82, 2.24) is 10.2 Å². The van der Waals surface area contributed by atoms with Crippen LogP contribution in [0.25, 0.3) is 0 Å². The molecule has 0 spiro atoms. The van der Waals surface area contributed by atoms with E-state index in [1.54, 1.807) is 19.1 Å². The molecular weight excluding hydrogens is 260 g/mol.